The Bertz CT molecular complexity index is 647. The molecule has 3 rings (SSSR count). The van der Waals surface area contributed by atoms with Gasteiger partial charge in [0, 0.05) is 13.2 Å². The summed E-state index contributed by atoms with van der Waals surface area (Å²) in [5.41, 5.74) is 4.11. The fraction of sp³-hybridized carbons (Fsp3) is 0.438. The van der Waals surface area contributed by atoms with Crippen molar-refractivity contribution < 1.29 is 9.90 Å². The highest BCUT2D eigenvalue weighted by atomic mass is 32.1. The number of fused-ring (bicyclic) bond motifs is 1. The van der Waals surface area contributed by atoms with Crippen molar-refractivity contribution in [3.05, 3.63) is 40.9 Å². The molecule has 0 bridgehead atoms. The van der Waals surface area contributed by atoms with Gasteiger partial charge in [0.2, 0.25) is 5.13 Å². The van der Waals surface area contributed by atoms with Gasteiger partial charge in [-0.05, 0) is 36.8 Å². The number of aliphatic hydroxyl groups is 1. The van der Waals surface area contributed by atoms with Gasteiger partial charge in [0.25, 0.3) is 0 Å². The van der Waals surface area contributed by atoms with E-state index in [9.17, 15) is 4.79 Å². The summed E-state index contributed by atoms with van der Waals surface area (Å²) in [4.78, 5) is 14.5. The lowest BCUT2D eigenvalue weighted by Gasteiger charge is -2.35. The van der Waals surface area contributed by atoms with Gasteiger partial charge in [-0.1, -0.05) is 35.6 Å². The van der Waals surface area contributed by atoms with Crippen LogP contribution in [0.1, 0.15) is 36.4 Å². The summed E-state index contributed by atoms with van der Waals surface area (Å²) in [5.74, 6) is 0. The van der Waals surface area contributed by atoms with Gasteiger partial charge >= 0.3 is 6.03 Å². The second-order valence-electron chi connectivity index (χ2n) is 5.55. The van der Waals surface area contributed by atoms with Crippen LogP contribution in [-0.4, -0.2) is 39.4 Å². The first-order valence-electron chi connectivity index (χ1n) is 7.82. The molecule has 7 heteroatoms. The summed E-state index contributed by atoms with van der Waals surface area (Å²) in [6.45, 7) is 0.580. The highest BCUT2D eigenvalue weighted by molar-refractivity contribution is 7.13. The Morgan fingerprint density at radius 1 is 1.43 bits per heavy atom. The predicted octanol–water partition coefficient (Wildman–Crippen LogP) is 2.83. The fourth-order valence-electron chi connectivity index (χ4n) is 3.08. The molecular formula is C16H20N4O2S. The highest BCUT2D eigenvalue weighted by Gasteiger charge is 2.29. The minimum absolute atomic E-state index is 0.0411. The summed E-state index contributed by atoms with van der Waals surface area (Å²) in [6, 6.07) is 8.15. The van der Waals surface area contributed by atoms with Gasteiger partial charge < -0.3 is 10.0 Å². The number of hydrogen-bond acceptors (Lipinski definition) is 5. The van der Waals surface area contributed by atoms with Crippen LogP contribution in [0.25, 0.3) is 0 Å². The molecule has 1 atom stereocenters. The van der Waals surface area contributed by atoms with E-state index in [1.54, 1.807) is 5.51 Å². The Hall–Kier alpha value is -1.99. The number of urea groups is 1. The molecule has 122 valence electrons. The summed E-state index contributed by atoms with van der Waals surface area (Å²) in [6.07, 6.45) is 3.61. The molecule has 1 aliphatic rings. The molecule has 1 heterocycles. The van der Waals surface area contributed by atoms with E-state index in [0.29, 0.717) is 18.1 Å². The van der Waals surface area contributed by atoms with Crippen LogP contribution in [0.4, 0.5) is 9.93 Å². The molecule has 2 amide bonds. The second-order valence-corrected chi connectivity index (χ2v) is 6.38. The molecule has 0 radical (unpaired) electrons. The Kier molecular flexibility index (Phi) is 5.19. The van der Waals surface area contributed by atoms with Crippen LogP contribution >= 0.6 is 11.3 Å². The standard InChI is InChI=1S/C16H20N4O2S/c21-10-4-9-20(16(22)18-15-19-17-11-23-15)14-8-3-6-12-5-1-2-7-13(12)14/h1-2,5,7,11,14,21H,3-4,6,8-10H2,(H,18,19,22). The maximum atomic E-state index is 12.7. The van der Waals surface area contributed by atoms with Crippen LogP contribution in [0, 0.1) is 0 Å². The molecule has 23 heavy (non-hydrogen) atoms. The third kappa shape index (κ3) is 3.68. The van der Waals surface area contributed by atoms with Crippen molar-refractivity contribution in [2.45, 2.75) is 31.7 Å². The van der Waals surface area contributed by atoms with E-state index in [1.807, 2.05) is 17.0 Å². The zero-order valence-electron chi connectivity index (χ0n) is 12.8. The summed E-state index contributed by atoms with van der Waals surface area (Å²) in [7, 11) is 0. The molecule has 0 saturated carbocycles. The van der Waals surface area contributed by atoms with Crippen molar-refractivity contribution in [2.75, 3.05) is 18.5 Å². The van der Waals surface area contributed by atoms with E-state index in [1.165, 1.54) is 22.5 Å². The molecule has 0 spiro atoms. The number of aryl methyl sites for hydroxylation is 1. The van der Waals surface area contributed by atoms with Gasteiger partial charge in [-0.15, -0.1) is 10.2 Å². The molecule has 2 N–H and O–H groups in total. The topological polar surface area (TPSA) is 78.4 Å². The lowest BCUT2D eigenvalue weighted by Crippen LogP contribution is -2.40. The van der Waals surface area contributed by atoms with E-state index in [0.717, 1.165) is 19.3 Å². The quantitative estimate of drug-likeness (QED) is 0.882. The number of benzene rings is 1. The molecule has 1 aromatic carbocycles. The number of carbonyl (C=O) groups excluding carboxylic acids is 1. The van der Waals surface area contributed by atoms with Crippen molar-refractivity contribution in [2.24, 2.45) is 0 Å². The second kappa shape index (κ2) is 7.52. The largest absolute Gasteiger partial charge is 0.396 e. The SMILES string of the molecule is O=C(Nc1nncs1)N(CCCO)C1CCCc2ccccc21. The maximum Gasteiger partial charge on any atom is 0.324 e. The van der Waals surface area contributed by atoms with Gasteiger partial charge in [-0.2, -0.15) is 0 Å². The monoisotopic (exact) mass is 332 g/mol. The van der Waals surface area contributed by atoms with E-state index in [4.69, 9.17) is 5.11 Å². The zero-order valence-corrected chi connectivity index (χ0v) is 13.6. The highest BCUT2D eigenvalue weighted by Crippen LogP contribution is 2.34. The van der Waals surface area contributed by atoms with E-state index >= 15 is 0 Å². The van der Waals surface area contributed by atoms with Crippen molar-refractivity contribution >= 4 is 22.5 Å². The predicted molar refractivity (Wildman–Crippen MR) is 89.5 cm³/mol. The van der Waals surface area contributed by atoms with Crippen molar-refractivity contribution in [3.8, 4) is 0 Å². The number of aromatic nitrogens is 2. The van der Waals surface area contributed by atoms with Gasteiger partial charge in [0.1, 0.15) is 5.51 Å². The number of carbonyl (C=O) groups is 1. The van der Waals surface area contributed by atoms with Crippen LogP contribution in [0.5, 0.6) is 0 Å². The van der Waals surface area contributed by atoms with Crippen LogP contribution in [0.15, 0.2) is 29.8 Å². The summed E-state index contributed by atoms with van der Waals surface area (Å²) in [5, 5.41) is 20.1. The Morgan fingerprint density at radius 2 is 2.30 bits per heavy atom. The first-order chi connectivity index (χ1) is 11.3. The first-order valence-corrected chi connectivity index (χ1v) is 8.70. The van der Waals surface area contributed by atoms with Crippen molar-refractivity contribution in [3.63, 3.8) is 0 Å². The Morgan fingerprint density at radius 3 is 3.09 bits per heavy atom. The van der Waals surface area contributed by atoms with E-state index in [2.05, 4.69) is 27.6 Å². The average molecular weight is 332 g/mol. The number of nitrogens with one attached hydrogen (secondary N) is 1. The number of hydrogen-bond donors (Lipinski definition) is 2. The van der Waals surface area contributed by atoms with Gasteiger partial charge in [0.15, 0.2) is 0 Å². The van der Waals surface area contributed by atoms with Gasteiger partial charge in [-0.3, -0.25) is 5.32 Å². The van der Waals surface area contributed by atoms with Crippen LogP contribution in [0.3, 0.4) is 0 Å². The Labute approximate surface area is 139 Å². The Balaban J connectivity index is 1.83. The molecule has 2 aromatic rings. The average Bonchev–Trinajstić information content (AvgIpc) is 3.08. The van der Waals surface area contributed by atoms with Crippen LogP contribution < -0.4 is 5.32 Å². The number of aliphatic hydroxyl groups excluding tert-OH is 1. The minimum Gasteiger partial charge on any atom is -0.396 e. The van der Waals surface area contributed by atoms with Crippen molar-refractivity contribution in [1.29, 1.82) is 0 Å². The smallest absolute Gasteiger partial charge is 0.324 e. The number of amides is 2. The van der Waals surface area contributed by atoms with Crippen LogP contribution in [-0.2, 0) is 6.42 Å². The molecule has 1 aliphatic carbocycles. The summed E-state index contributed by atoms with van der Waals surface area (Å²) < 4.78 is 0. The molecule has 0 saturated heterocycles. The fourth-order valence-corrected chi connectivity index (χ4v) is 3.52. The molecule has 1 aromatic heterocycles. The van der Waals surface area contributed by atoms with Crippen molar-refractivity contribution in [1.82, 2.24) is 15.1 Å². The minimum atomic E-state index is -0.183. The molecule has 0 fully saturated rings. The van der Waals surface area contributed by atoms with Crippen LogP contribution in [0.2, 0.25) is 0 Å². The van der Waals surface area contributed by atoms with Gasteiger partial charge in [-0.25, -0.2) is 4.79 Å². The lowest BCUT2D eigenvalue weighted by molar-refractivity contribution is 0.169. The lowest BCUT2D eigenvalue weighted by atomic mass is 9.87. The third-order valence-electron chi connectivity index (χ3n) is 4.11. The number of rotatable bonds is 5. The molecular weight excluding hydrogens is 312 g/mol. The zero-order chi connectivity index (χ0) is 16.1. The third-order valence-corrected chi connectivity index (χ3v) is 4.71. The summed E-state index contributed by atoms with van der Waals surface area (Å²) >= 11 is 1.29. The maximum absolute atomic E-state index is 12.7. The van der Waals surface area contributed by atoms with Gasteiger partial charge in [0.05, 0.1) is 6.04 Å². The molecule has 1 unspecified atom stereocenters. The first kappa shape index (κ1) is 15.9. The number of nitrogens with zero attached hydrogens (tertiary/aromatic N) is 3. The number of anilines is 1. The normalized spacial score (nSPS) is 16.7. The van der Waals surface area contributed by atoms with E-state index in [-0.39, 0.29) is 18.7 Å². The molecule has 6 nitrogen and oxygen atoms in total. The van der Waals surface area contributed by atoms with E-state index < -0.39 is 0 Å². The molecule has 0 aliphatic heterocycles.